The highest BCUT2D eigenvalue weighted by molar-refractivity contribution is 9.11. The molecule has 0 aliphatic carbocycles. The van der Waals surface area contributed by atoms with Gasteiger partial charge < -0.3 is 14.8 Å². The second-order valence-corrected chi connectivity index (χ2v) is 5.37. The van der Waals surface area contributed by atoms with E-state index < -0.39 is 0 Å². The highest BCUT2D eigenvalue weighted by Gasteiger charge is 2.08. The fraction of sp³-hybridized carbons (Fsp3) is 0.500. The van der Waals surface area contributed by atoms with Crippen LogP contribution in [0.15, 0.2) is 21.1 Å². The summed E-state index contributed by atoms with van der Waals surface area (Å²) in [5.74, 6) is 0.882. The number of methoxy groups -OCH3 is 2. The van der Waals surface area contributed by atoms with Crippen molar-refractivity contribution in [2.24, 2.45) is 0 Å². The van der Waals surface area contributed by atoms with Crippen LogP contribution < -0.4 is 10.1 Å². The lowest BCUT2D eigenvalue weighted by molar-refractivity contribution is 0.194. The normalized spacial score (nSPS) is 10.0. The predicted molar refractivity (Wildman–Crippen MR) is 83.8 cm³/mol. The average Bonchev–Trinajstić information content (AvgIpc) is 2.28. The molecule has 0 saturated heterocycles. The van der Waals surface area contributed by atoms with E-state index in [2.05, 4.69) is 43.2 Å². The number of rotatable bonds is 7. The number of halogens is 3. The number of ether oxygens (including phenoxy) is 2. The van der Waals surface area contributed by atoms with Crippen LogP contribution in [0.2, 0.25) is 0 Å². The van der Waals surface area contributed by atoms with Gasteiger partial charge in [0.25, 0.3) is 0 Å². The van der Waals surface area contributed by atoms with Crippen molar-refractivity contribution in [1.29, 1.82) is 0 Å². The zero-order valence-corrected chi connectivity index (χ0v) is 14.5. The topological polar surface area (TPSA) is 30.5 Å². The van der Waals surface area contributed by atoms with Gasteiger partial charge in [0.1, 0.15) is 5.75 Å². The first-order valence-corrected chi connectivity index (χ1v) is 6.99. The Kier molecular flexibility index (Phi) is 10.1. The molecule has 0 unspecified atom stereocenters. The first-order chi connectivity index (χ1) is 8.19. The lowest BCUT2D eigenvalue weighted by Gasteiger charge is -2.12. The minimum atomic E-state index is 0. The van der Waals surface area contributed by atoms with Gasteiger partial charge in [-0.2, -0.15) is 0 Å². The van der Waals surface area contributed by atoms with Crippen LogP contribution in [-0.4, -0.2) is 27.4 Å². The third kappa shape index (κ3) is 5.89. The molecule has 0 atom stereocenters. The van der Waals surface area contributed by atoms with Crippen molar-refractivity contribution in [3.05, 3.63) is 26.6 Å². The molecule has 18 heavy (non-hydrogen) atoms. The van der Waals surface area contributed by atoms with E-state index in [0.717, 1.165) is 46.4 Å². The van der Waals surface area contributed by atoms with Crippen LogP contribution in [0.5, 0.6) is 5.75 Å². The first kappa shape index (κ1) is 18.2. The standard InChI is InChI=1S/C12H17Br2NO2.ClH/c1-16-5-3-4-15-8-9-6-10(13)7-11(14)12(9)17-2;/h6-7,15H,3-5,8H2,1-2H3;1H. The fourth-order valence-electron chi connectivity index (χ4n) is 1.54. The van der Waals surface area contributed by atoms with E-state index in [4.69, 9.17) is 9.47 Å². The van der Waals surface area contributed by atoms with E-state index in [1.54, 1.807) is 14.2 Å². The van der Waals surface area contributed by atoms with Crippen molar-refractivity contribution < 1.29 is 9.47 Å². The molecule has 0 saturated carbocycles. The van der Waals surface area contributed by atoms with Crippen molar-refractivity contribution in [1.82, 2.24) is 5.32 Å². The van der Waals surface area contributed by atoms with Gasteiger partial charge >= 0.3 is 0 Å². The Morgan fingerprint density at radius 3 is 2.56 bits per heavy atom. The molecule has 0 aliphatic heterocycles. The molecule has 1 rings (SSSR count). The monoisotopic (exact) mass is 401 g/mol. The summed E-state index contributed by atoms with van der Waals surface area (Å²) in [6.45, 7) is 2.50. The molecular formula is C12H18Br2ClNO2. The van der Waals surface area contributed by atoms with Crippen LogP contribution in [-0.2, 0) is 11.3 Å². The lowest BCUT2D eigenvalue weighted by atomic mass is 10.2. The quantitative estimate of drug-likeness (QED) is 0.703. The molecule has 104 valence electrons. The number of hydrogen-bond donors (Lipinski definition) is 1. The predicted octanol–water partition coefficient (Wildman–Crippen LogP) is 3.77. The number of nitrogens with one attached hydrogen (secondary N) is 1. The van der Waals surface area contributed by atoms with Crippen molar-refractivity contribution in [3.63, 3.8) is 0 Å². The van der Waals surface area contributed by atoms with Gasteiger partial charge in [-0.1, -0.05) is 15.9 Å². The highest BCUT2D eigenvalue weighted by Crippen LogP contribution is 2.32. The molecular weight excluding hydrogens is 385 g/mol. The summed E-state index contributed by atoms with van der Waals surface area (Å²) in [5.41, 5.74) is 1.13. The largest absolute Gasteiger partial charge is 0.495 e. The summed E-state index contributed by atoms with van der Waals surface area (Å²) in [4.78, 5) is 0. The molecule has 0 bridgehead atoms. The van der Waals surface area contributed by atoms with Gasteiger partial charge in [0, 0.05) is 30.3 Å². The minimum Gasteiger partial charge on any atom is -0.495 e. The summed E-state index contributed by atoms with van der Waals surface area (Å²) >= 11 is 6.97. The smallest absolute Gasteiger partial charge is 0.137 e. The molecule has 0 amide bonds. The van der Waals surface area contributed by atoms with Gasteiger partial charge in [-0.05, 0) is 41.0 Å². The van der Waals surface area contributed by atoms with Crippen molar-refractivity contribution >= 4 is 44.3 Å². The van der Waals surface area contributed by atoms with Gasteiger partial charge in [-0.3, -0.25) is 0 Å². The van der Waals surface area contributed by atoms with Crippen LogP contribution >= 0.6 is 44.3 Å². The minimum absolute atomic E-state index is 0. The third-order valence-corrected chi connectivity index (χ3v) is 3.35. The van der Waals surface area contributed by atoms with E-state index >= 15 is 0 Å². The summed E-state index contributed by atoms with van der Waals surface area (Å²) in [5, 5.41) is 3.36. The summed E-state index contributed by atoms with van der Waals surface area (Å²) in [6.07, 6.45) is 1.01. The molecule has 0 radical (unpaired) electrons. The van der Waals surface area contributed by atoms with E-state index in [1.165, 1.54) is 0 Å². The van der Waals surface area contributed by atoms with Gasteiger partial charge in [-0.25, -0.2) is 0 Å². The number of benzene rings is 1. The molecule has 0 spiro atoms. The van der Waals surface area contributed by atoms with E-state index in [-0.39, 0.29) is 12.4 Å². The second-order valence-electron chi connectivity index (χ2n) is 3.60. The van der Waals surface area contributed by atoms with Crippen molar-refractivity contribution in [2.45, 2.75) is 13.0 Å². The molecule has 1 aromatic carbocycles. The summed E-state index contributed by atoms with van der Waals surface area (Å²) in [7, 11) is 3.40. The van der Waals surface area contributed by atoms with E-state index in [1.807, 2.05) is 6.07 Å². The van der Waals surface area contributed by atoms with Crippen LogP contribution in [0.4, 0.5) is 0 Å². The summed E-state index contributed by atoms with van der Waals surface area (Å²) in [6, 6.07) is 4.04. The van der Waals surface area contributed by atoms with E-state index in [0.29, 0.717) is 0 Å². The maximum absolute atomic E-state index is 5.38. The van der Waals surface area contributed by atoms with Crippen molar-refractivity contribution in [2.75, 3.05) is 27.4 Å². The van der Waals surface area contributed by atoms with Crippen LogP contribution in [0.3, 0.4) is 0 Å². The zero-order valence-electron chi connectivity index (χ0n) is 10.5. The van der Waals surface area contributed by atoms with Gasteiger partial charge in [0.2, 0.25) is 0 Å². The summed E-state index contributed by atoms with van der Waals surface area (Å²) < 4.78 is 12.4. The fourth-order valence-corrected chi connectivity index (χ4v) is 3.01. The Balaban J connectivity index is 0.00000289. The van der Waals surface area contributed by atoms with Crippen LogP contribution in [0.25, 0.3) is 0 Å². The van der Waals surface area contributed by atoms with Crippen LogP contribution in [0.1, 0.15) is 12.0 Å². The Morgan fingerprint density at radius 1 is 1.22 bits per heavy atom. The average molecular weight is 404 g/mol. The third-order valence-electron chi connectivity index (χ3n) is 2.31. The number of hydrogen-bond acceptors (Lipinski definition) is 3. The zero-order chi connectivity index (χ0) is 12.7. The van der Waals surface area contributed by atoms with Crippen molar-refractivity contribution in [3.8, 4) is 5.75 Å². The van der Waals surface area contributed by atoms with E-state index in [9.17, 15) is 0 Å². The maximum Gasteiger partial charge on any atom is 0.137 e. The SMILES string of the molecule is COCCCNCc1cc(Br)cc(Br)c1OC.Cl. The Morgan fingerprint density at radius 2 is 1.94 bits per heavy atom. The first-order valence-electron chi connectivity index (χ1n) is 5.40. The molecule has 1 N–H and O–H groups in total. The lowest BCUT2D eigenvalue weighted by Crippen LogP contribution is -2.16. The molecule has 0 fully saturated rings. The molecule has 6 heteroatoms. The Bertz CT molecular complexity index is 364. The van der Waals surface area contributed by atoms with Gasteiger partial charge in [0.15, 0.2) is 0 Å². The second kappa shape index (κ2) is 10.0. The van der Waals surface area contributed by atoms with Crippen LogP contribution in [0, 0.1) is 0 Å². The highest BCUT2D eigenvalue weighted by atomic mass is 79.9. The van der Waals surface area contributed by atoms with Gasteiger partial charge in [-0.15, -0.1) is 12.4 Å². The Hall–Kier alpha value is 0.190. The Labute approximate surface area is 131 Å². The maximum atomic E-state index is 5.38. The molecule has 0 aliphatic rings. The molecule has 0 aromatic heterocycles. The molecule has 1 aromatic rings. The van der Waals surface area contributed by atoms with Gasteiger partial charge in [0.05, 0.1) is 11.6 Å². The molecule has 3 nitrogen and oxygen atoms in total. The molecule has 0 heterocycles.